The van der Waals surface area contributed by atoms with E-state index in [0.717, 1.165) is 6.20 Å². The van der Waals surface area contributed by atoms with Gasteiger partial charge in [-0.3, -0.25) is 5.43 Å². The third kappa shape index (κ3) is 2.62. The largest absolute Gasteiger partial charge is 0.372 e. The number of hydrogen-bond acceptors (Lipinski definition) is 6. The molecule has 1 aromatic heterocycles. The van der Waals surface area contributed by atoms with Gasteiger partial charge >= 0.3 is 0 Å². The minimum atomic E-state index is -0.457. The number of nitrogen functional groups attached to an aromatic ring is 1. The van der Waals surface area contributed by atoms with Crippen LogP contribution in [0.5, 0.6) is 0 Å². The highest BCUT2D eigenvalue weighted by atomic mass is 19.1. The summed E-state index contributed by atoms with van der Waals surface area (Å²) in [6.45, 7) is 5.63. The highest BCUT2D eigenvalue weighted by molar-refractivity contribution is 5.44. The van der Waals surface area contributed by atoms with E-state index in [1.165, 1.54) is 0 Å². The Labute approximate surface area is 99.0 Å². The summed E-state index contributed by atoms with van der Waals surface area (Å²) in [5.74, 6) is 5.21. The summed E-state index contributed by atoms with van der Waals surface area (Å²) in [5.41, 5.74) is 1.99. The van der Waals surface area contributed by atoms with E-state index in [4.69, 9.17) is 10.6 Å². The Balaban J connectivity index is 2.26. The van der Waals surface area contributed by atoms with Gasteiger partial charge in [0.05, 0.1) is 18.4 Å². The maximum Gasteiger partial charge on any atom is 0.239 e. The maximum atomic E-state index is 13.7. The van der Waals surface area contributed by atoms with Gasteiger partial charge in [-0.25, -0.2) is 15.2 Å². The van der Waals surface area contributed by atoms with Crippen LogP contribution in [0, 0.1) is 5.82 Å². The Kier molecular flexibility index (Phi) is 3.12. The van der Waals surface area contributed by atoms with E-state index >= 15 is 0 Å². The van der Waals surface area contributed by atoms with Crippen LogP contribution < -0.4 is 16.2 Å². The van der Waals surface area contributed by atoms with Gasteiger partial charge < -0.3 is 9.64 Å². The van der Waals surface area contributed by atoms with Crippen molar-refractivity contribution in [1.29, 1.82) is 0 Å². The smallest absolute Gasteiger partial charge is 0.239 e. The average molecular weight is 241 g/mol. The molecule has 0 radical (unpaired) electrons. The van der Waals surface area contributed by atoms with Crippen molar-refractivity contribution in [2.24, 2.45) is 5.84 Å². The number of hydrogen-bond donors (Lipinski definition) is 2. The lowest BCUT2D eigenvalue weighted by atomic mass is 10.1. The summed E-state index contributed by atoms with van der Waals surface area (Å²) in [6, 6.07) is 0. The topological polar surface area (TPSA) is 76.3 Å². The first-order chi connectivity index (χ1) is 8.02. The van der Waals surface area contributed by atoms with Gasteiger partial charge in [-0.05, 0) is 13.8 Å². The molecule has 1 aliphatic rings. The molecule has 1 saturated heterocycles. The van der Waals surface area contributed by atoms with E-state index in [1.807, 2.05) is 18.7 Å². The zero-order valence-corrected chi connectivity index (χ0v) is 9.90. The number of nitrogens with zero attached hydrogens (tertiary/aromatic N) is 3. The second-order valence-electron chi connectivity index (χ2n) is 4.54. The molecule has 94 valence electrons. The summed E-state index contributed by atoms with van der Waals surface area (Å²) >= 11 is 0. The number of nitrogens with one attached hydrogen (secondary N) is 1. The maximum absolute atomic E-state index is 13.7. The number of rotatable bonds is 2. The summed E-state index contributed by atoms with van der Waals surface area (Å²) in [6.07, 6.45) is 1.11. The van der Waals surface area contributed by atoms with Crippen LogP contribution in [-0.4, -0.2) is 35.3 Å². The van der Waals surface area contributed by atoms with Gasteiger partial charge in [0.1, 0.15) is 0 Å². The van der Waals surface area contributed by atoms with Gasteiger partial charge in [-0.1, -0.05) is 0 Å². The molecule has 1 fully saturated rings. The van der Waals surface area contributed by atoms with Crippen molar-refractivity contribution in [2.75, 3.05) is 30.0 Å². The Morgan fingerprint density at radius 3 is 3.00 bits per heavy atom. The van der Waals surface area contributed by atoms with E-state index in [-0.39, 0.29) is 17.4 Å². The van der Waals surface area contributed by atoms with Crippen LogP contribution >= 0.6 is 0 Å². The van der Waals surface area contributed by atoms with Crippen LogP contribution in [0.4, 0.5) is 16.2 Å². The predicted molar refractivity (Wildman–Crippen MR) is 62.0 cm³/mol. The normalized spacial score (nSPS) is 19.2. The molecule has 0 saturated carbocycles. The second-order valence-corrected chi connectivity index (χ2v) is 4.54. The van der Waals surface area contributed by atoms with E-state index in [9.17, 15) is 4.39 Å². The van der Waals surface area contributed by atoms with Crippen LogP contribution in [0.2, 0.25) is 0 Å². The van der Waals surface area contributed by atoms with Crippen molar-refractivity contribution in [1.82, 2.24) is 9.97 Å². The molecule has 6 nitrogen and oxygen atoms in total. The van der Waals surface area contributed by atoms with E-state index < -0.39 is 5.82 Å². The first kappa shape index (κ1) is 12.0. The lowest BCUT2D eigenvalue weighted by molar-refractivity contribution is -0.0280. The molecule has 2 heterocycles. The molecule has 3 N–H and O–H groups in total. The number of morpholine rings is 1. The van der Waals surface area contributed by atoms with Crippen molar-refractivity contribution in [3.05, 3.63) is 12.0 Å². The molecule has 0 bridgehead atoms. The highest BCUT2D eigenvalue weighted by Gasteiger charge is 2.29. The third-order valence-corrected chi connectivity index (χ3v) is 2.58. The van der Waals surface area contributed by atoms with E-state index in [2.05, 4.69) is 15.4 Å². The molecule has 7 heteroatoms. The molecule has 0 aliphatic carbocycles. The van der Waals surface area contributed by atoms with Gasteiger partial charge in [0.15, 0.2) is 11.6 Å². The number of anilines is 2. The van der Waals surface area contributed by atoms with Gasteiger partial charge in [0.25, 0.3) is 0 Å². The van der Waals surface area contributed by atoms with Crippen LogP contribution in [0.1, 0.15) is 13.8 Å². The van der Waals surface area contributed by atoms with Gasteiger partial charge in [0, 0.05) is 13.1 Å². The number of aromatic nitrogens is 2. The second kappa shape index (κ2) is 4.42. The fourth-order valence-corrected chi connectivity index (χ4v) is 1.85. The molecule has 0 spiro atoms. The number of halogens is 1. The summed E-state index contributed by atoms with van der Waals surface area (Å²) in [7, 11) is 0. The lowest BCUT2D eigenvalue weighted by Gasteiger charge is -2.38. The summed E-state index contributed by atoms with van der Waals surface area (Å²) in [4.78, 5) is 9.57. The van der Waals surface area contributed by atoms with Crippen LogP contribution in [0.15, 0.2) is 6.20 Å². The van der Waals surface area contributed by atoms with Crippen molar-refractivity contribution < 1.29 is 9.13 Å². The van der Waals surface area contributed by atoms with Crippen LogP contribution in [0.25, 0.3) is 0 Å². The molecular formula is C10H16FN5O. The fourth-order valence-electron chi connectivity index (χ4n) is 1.85. The Morgan fingerprint density at radius 2 is 2.35 bits per heavy atom. The number of hydrazine groups is 1. The monoisotopic (exact) mass is 241 g/mol. The first-order valence-corrected chi connectivity index (χ1v) is 5.40. The number of nitrogens with two attached hydrogens (primary N) is 1. The highest BCUT2D eigenvalue weighted by Crippen LogP contribution is 2.23. The first-order valence-electron chi connectivity index (χ1n) is 5.40. The SMILES string of the molecule is CC1(C)CN(c2nc(NN)ncc2F)CCO1. The van der Waals surface area contributed by atoms with Crippen LogP contribution in [-0.2, 0) is 4.74 Å². The van der Waals surface area contributed by atoms with Crippen molar-refractivity contribution in [3.63, 3.8) is 0 Å². The van der Waals surface area contributed by atoms with Crippen molar-refractivity contribution in [3.8, 4) is 0 Å². The minimum absolute atomic E-state index is 0.200. The third-order valence-electron chi connectivity index (χ3n) is 2.58. The predicted octanol–water partition coefficient (Wildman–Crippen LogP) is 0.516. The Bertz CT molecular complexity index is 412. The van der Waals surface area contributed by atoms with E-state index in [1.54, 1.807) is 0 Å². The van der Waals surface area contributed by atoms with Gasteiger partial charge in [-0.15, -0.1) is 0 Å². The minimum Gasteiger partial charge on any atom is -0.372 e. The quantitative estimate of drug-likeness (QED) is 0.580. The molecule has 0 aromatic carbocycles. The molecular weight excluding hydrogens is 225 g/mol. The zero-order valence-electron chi connectivity index (χ0n) is 9.90. The Morgan fingerprint density at radius 1 is 1.59 bits per heavy atom. The van der Waals surface area contributed by atoms with Crippen molar-refractivity contribution >= 4 is 11.8 Å². The molecule has 0 amide bonds. The Hall–Kier alpha value is -1.47. The van der Waals surface area contributed by atoms with Crippen LogP contribution in [0.3, 0.4) is 0 Å². The summed E-state index contributed by atoms with van der Waals surface area (Å²) in [5, 5.41) is 0. The molecule has 1 aliphatic heterocycles. The lowest BCUT2D eigenvalue weighted by Crippen LogP contribution is -2.49. The van der Waals surface area contributed by atoms with Gasteiger partial charge in [-0.2, -0.15) is 4.98 Å². The molecule has 0 unspecified atom stereocenters. The fraction of sp³-hybridized carbons (Fsp3) is 0.600. The van der Waals surface area contributed by atoms with Crippen molar-refractivity contribution in [2.45, 2.75) is 19.4 Å². The average Bonchev–Trinajstić information content (AvgIpc) is 2.28. The van der Waals surface area contributed by atoms with E-state index in [0.29, 0.717) is 19.7 Å². The standard InChI is InChI=1S/C10H16FN5O/c1-10(2)6-16(3-4-17-10)8-7(11)5-13-9(14-8)15-12/h5H,3-4,6,12H2,1-2H3,(H,13,14,15). The van der Waals surface area contributed by atoms with Gasteiger partial charge in [0.2, 0.25) is 5.95 Å². The number of ether oxygens (including phenoxy) is 1. The molecule has 2 rings (SSSR count). The molecule has 17 heavy (non-hydrogen) atoms. The zero-order chi connectivity index (χ0) is 12.5. The summed E-state index contributed by atoms with van der Waals surface area (Å²) < 4.78 is 19.2. The molecule has 1 aromatic rings. The molecule has 0 atom stereocenters.